The van der Waals surface area contributed by atoms with Crippen molar-refractivity contribution in [1.29, 1.82) is 0 Å². The second-order valence-electron chi connectivity index (χ2n) is 16.0. The first-order valence-corrected chi connectivity index (χ1v) is 26.8. The van der Waals surface area contributed by atoms with E-state index in [1.54, 1.807) is 18.2 Å². The van der Waals surface area contributed by atoms with Crippen LogP contribution in [0.3, 0.4) is 0 Å². The van der Waals surface area contributed by atoms with E-state index in [-0.39, 0.29) is 29.9 Å². The van der Waals surface area contributed by atoms with Crippen molar-refractivity contribution in [2.45, 2.75) is 94.3 Å². The van der Waals surface area contributed by atoms with Gasteiger partial charge in [-0.3, -0.25) is 22.3 Å². The third kappa shape index (κ3) is 13.5. The Morgan fingerprint density at radius 3 is 1.94 bits per heavy atom. The molecule has 20 heteroatoms. The van der Waals surface area contributed by atoms with E-state index in [0.29, 0.717) is 57.2 Å². The van der Waals surface area contributed by atoms with Gasteiger partial charge in [-0.1, -0.05) is 49.3 Å². The summed E-state index contributed by atoms with van der Waals surface area (Å²) in [5, 5.41) is 9.55. The van der Waals surface area contributed by atoms with Crippen molar-refractivity contribution < 1.29 is 65.6 Å². The molecule has 2 aliphatic rings. The molecule has 348 valence electrons. The Labute approximate surface area is 372 Å². The molecule has 16 nitrogen and oxygen atoms in total. The van der Waals surface area contributed by atoms with E-state index >= 15 is 0 Å². The number of hydrogen-bond acceptors (Lipinski definition) is 12. The molecule has 3 N–H and O–H groups in total. The van der Waals surface area contributed by atoms with Crippen molar-refractivity contribution in [3.63, 3.8) is 0 Å². The third-order valence-corrected chi connectivity index (χ3v) is 15.8. The van der Waals surface area contributed by atoms with Gasteiger partial charge in [0.2, 0.25) is 5.69 Å². The van der Waals surface area contributed by atoms with Crippen LogP contribution in [0, 0.1) is 0 Å². The maximum Gasteiger partial charge on any atom is 0.307 e. The number of rotatable bonds is 25. The molecule has 0 aliphatic carbocycles. The van der Waals surface area contributed by atoms with Gasteiger partial charge in [-0.2, -0.15) is 38.2 Å². The zero-order valence-electron chi connectivity index (χ0n) is 36.3. The molecular weight excluding hydrogens is 897 g/mol. The maximum absolute atomic E-state index is 12.7. The van der Waals surface area contributed by atoms with Crippen molar-refractivity contribution in [3.8, 4) is 0 Å². The average Bonchev–Trinajstić information content (AvgIpc) is 3.58. The van der Waals surface area contributed by atoms with Crippen LogP contribution < -0.4 is 4.90 Å². The van der Waals surface area contributed by atoms with Crippen LogP contribution in [-0.4, -0.2) is 109 Å². The molecule has 0 saturated heterocycles. The molecule has 2 unspecified atom stereocenters. The zero-order valence-corrected chi connectivity index (χ0v) is 39.5. The van der Waals surface area contributed by atoms with Crippen LogP contribution in [0.25, 0.3) is 0 Å². The Kier molecular flexibility index (Phi) is 17.5. The van der Waals surface area contributed by atoms with Gasteiger partial charge in [0.15, 0.2) is 5.71 Å². The normalized spacial score (nSPS) is 20.2. The summed E-state index contributed by atoms with van der Waals surface area (Å²) in [4.78, 5) is 13.8. The SMILES string of the molecule is CCN1C(=CC=CC=CC=CC2=[N+](CCCCS(=O)(=O)O)c3ccc(CC(=O)O)cc3C2(C)CCCCS(=O)(=O)O)C(C)(CCCCS(=O)(=O)OC)c2cc(S(=O)(=O)OC)ccc21. The lowest BCUT2D eigenvalue weighted by Gasteiger charge is -2.30. The molecule has 2 aromatic rings. The van der Waals surface area contributed by atoms with Crippen LogP contribution in [0.4, 0.5) is 11.4 Å². The van der Waals surface area contributed by atoms with E-state index in [1.165, 1.54) is 6.07 Å². The summed E-state index contributed by atoms with van der Waals surface area (Å²) in [5.41, 5.74) is 4.03. The molecule has 2 aliphatic heterocycles. The lowest BCUT2D eigenvalue weighted by Crippen LogP contribution is -2.31. The van der Waals surface area contributed by atoms with E-state index in [4.69, 9.17) is 4.18 Å². The predicted molar refractivity (Wildman–Crippen MR) is 242 cm³/mol. The van der Waals surface area contributed by atoms with Crippen molar-refractivity contribution in [1.82, 2.24) is 0 Å². The number of unbranched alkanes of at least 4 members (excludes halogenated alkanes) is 3. The van der Waals surface area contributed by atoms with E-state index in [2.05, 4.69) is 9.08 Å². The Morgan fingerprint density at radius 1 is 0.730 bits per heavy atom. The van der Waals surface area contributed by atoms with Gasteiger partial charge in [0.05, 0.1) is 48.2 Å². The minimum atomic E-state index is -4.19. The van der Waals surface area contributed by atoms with E-state index in [1.807, 2.05) is 80.0 Å². The first-order valence-electron chi connectivity index (χ1n) is 20.5. The highest BCUT2D eigenvalue weighted by Gasteiger charge is 2.47. The van der Waals surface area contributed by atoms with E-state index in [9.17, 15) is 52.7 Å². The van der Waals surface area contributed by atoms with Crippen molar-refractivity contribution in [3.05, 3.63) is 101 Å². The number of carboxylic acid groups (broad SMARTS) is 1. The number of fused-ring (bicyclic) bond motifs is 2. The first-order chi connectivity index (χ1) is 29.4. The quantitative estimate of drug-likeness (QED) is 0.0329. The summed E-state index contributed by atoms with van der Waals surface area (Å²) in [6.07, 6.45) is 15.8. The minimum absolute atomic E-state index is 0.00862. The molecule has 0 radical (unpaired) electrons. The maximum atomic E-state index is 12.7. The Hall–Kier alpha value is -4.02. The van der Waals surface area contributed by atoms with E-state index in [0.717, 1.165) is 48.1 Å². The van der Waals surface area contributed by atoms with Gasteiger partial charge >= 0.3 is 5.97 Å². The fourth-order valence-corrected chi connectivity index (χ4v) is 11.0. The highest BCUT2D eigenvalue weighted by molar-refractivity contribution is 7.87. The summed E-state index contributed by atoms with van der Waals surface area (Å²) in [6, 6.07) is 10.2. The van der Waals surface area contributed by atoms with Crippen molar-refractivity contribution in [2.75, 3.05) is 49.5 Å². The Bertz CT molecular complexity index is 2620. The number of aliphatic carboxylic acids is 1. The molecule has 0 spiro atoms. The minimum Gasteiger partial charge on any atom is -0.481 e. The largest absolute Gasteiger partial charge is 0.481 e. The number of carboxylic acids is 1. The Morgan fingerprint density at radius 2 is 1.33 bits per heavy atom. The van der Waals surface area contributed by atoms with Crippen molar-refractivity contribution in [2.24, 2.45) is 0 Å². The standard InChI is InChI=1S/C43H58N2O14S4/c1-6-44-37-23-21-34(63(56,57)59-5)32-36(37)43(3,25-13-16-29-62(54,55)58-4)39(44)18-10-8-7-9-11-19-40-42(2,24-12-15-27-60(48,49)50)35-30-33(31-41(46)47)20-22-38(35)45(40)26-14-17-28-61(51,52)53/h7-11,18-23,30,32H,6,12-17,24-29,31H2,1-5H3,(H2-,46,47,48,49,50,51,52,53)/p+1. The van der Waals surface area contributed by atoms with Crippen LogP contribution >= 0.6 is 0 Å². The van der Waals surface area contributed by atoms with Crippen LogP contribution in [-0.2, 0) is 70.9 Å². The summed E-state index contributed by atoms with van der Waals surface area (Å²) in [5.74, 6) is -1.99. The van der Waals surface area contributed by atoms with Crippen molar-refractivity contribution >= 4 is 63.5 Å². The Balaban J connectivity index is 1.70. The number of allylic oxidation sites excluding steroid dienone is 8. The number of likely N-dealkylation sites (N-methyl/N-ethyl adjacent to an activating group) is 1. The topological polar surface area (TPSA) is 239 Å². The smallest absolute Gasteiger partial charge is 0.307 e. The fourth-order valence-electron chi connectivity index (χ4n) is 8.42. The molecule has 2 atom stereocenters. The number of anilines is 1. The van der Waals surface area contributed by atoms with Gasteiger partial charge in [-0.15, -0.1) is 0 Å². The van der Waals surface area contributed by atoms with Gasteiger partial charge in [0, 0.05) is 47.5 Å². The van der Waals surface area contributed by atoms with Crippen LogP contribution in [0.15, 0.2) is 89.5 Å². The second kappa shape index (κ2) is 21.3. The summed E-state index contributed by atoms with van der Waals surface area (Å²) < 4.78 is 126. The summed E-state index contributed by atoms with van der Waals surface area (Å²) >= 11 is 0. The highest BCUT2D eigenvalue weighted by atomic mass is 32.2. The molecule has 0 saturated carbocycles. The molecule has 2 heterocycles. The molecule has 0 bridgehead atoms. The molecule has 0 fully saturated rings. The summed E-state index contributed by atoms with van der Waals surface area (Å²) in [6.45, 7) is 6.90. The summed E-state index contributed by atoms with van der Waals surface area (Å²) in [7, 11) is -13.8. The second-order valence-corrected chi connectivity index (χ2v) is 22.7. The van der Waals surface area contributed by atoms with Gasteiger partial charge in [-0.25, -0.2) is 0 Å². The monoisotopic (exact) mass is 955 g/mol. The third-order valence-electron chi connectivity index (χ3n) is 11.6. The number of benzene rings is 2. The lowest BCUT2D eigenvalue weighted by molar-refractivity contribution is -0.438. The highest BCUT2D eigenvalue weighted by Crippen LogP contribution is 2.51. The molecule has 63 heavy (non-hydrogen) atoms. The molecular formula is C43H59N2O14S4+. The number of hydrogen-bond donors (Lipinski definition) is 3. The fraction of sp³-hybridized carbons (Fsp3) is 0.488. The van der Waals surface area contributed by atoms with Crippen LogP contribution in [0.5, 0.6) is 0 Å². The lowest BCUT2D eigenvalue weighted by atomic mass is 9.75. The average molecular weight is 956 g/mol. The van der Waals surface area contributed by atoms with Crippen LogP contribution in [0.1, 0.15) is 88.8 Å². The van der Waals surface area contributed by atoms with E-state index < -0.39 is 68.8 Å². The van der Waals surface area contributed by atoms with Gasteiger partial charge in [-0.05, 0) is 94.3 Å². The molecule has 2 aromatic carbocycles. The van der Waals surface area contributed by atoms with Crippen LogP contribution in [0.2, 0.25) is 0 Å². The number of nitrogens with zero attached hydrogens (tertiary/aromatic N) is 2. The molecule has 0 aromatic heterocycles. The van der Waals surface area contributed by atoms with Gasteiger partial charge in [0.25, 0.3) is 40.5 Å². The zero-order chi connectivity index (χ0) is 46.9. The number of carbonyl (C=O) groups is 1. The molecule has 4 rings (SSSR count). The predicted octanol–water partition coefficient (Wildman–Crippen LogP) is 6.23. The van der Waals surface area contributed by atoms with Gasteiger partial charge < -0.3 is 10.0 Å². The first kappa shape index (κ1) is 51.6. The van der Waals surface area contributed by atoms with Gasteiger partial charge in [0.1, 0.15) is 6.54 Å². The molecule has 0 amide bonds.